The van der Waals surface area contributed by atoms with Crippen molar-refractivity contribution in [3.63, 3.8) is 0 Å². The van der Waals surface area contributed by atoms with E-state index in [2.05, 4.69) is 51.2 Å². The number of nitrogens with zero attached hydrogens (tertiary/aromatic N) is 1. The smallest absolute Gasteiger partial charge is 0.255 e. The summed E-state index contributed by atoms with van der Waals surface area (Å²) >= 11 is 0. The molecular weight excluding hydrogens is 288 g/mol. The predicted octanol–water partition coefficient (Wildman–Crippen LogP) is 2.48. The molecule has 1 unspecified atom stereocenters. The summed E-state index contributed by atoms with van der Waals surface area (Å²) in [7, 11) is 0. The molecule has 1 saturated heterocycles. The molecule has 1 aromatic rings. The van der Waals surface area contributed by atoms with Gasteiger partial charge in [0.2, 0.25) is 0 Å². The molecule has 128 valence electrons. The maximum Gasteiger partial charge on any atom is 0.255 e. The molecule has 1 fully saturated rings. The Kier molecular flexibility index (Phi) is 5.48. The third-order valence-electron chi connectivity index (χ3n) is 4.20. The number of amides is 1. The zero-order chi connectivity index (χ0) is 17.1. The van der Waals surface area contributed by atoms with E-state index < -0.39 is 5.60 Å². The van der Waals surface area contributed by atoms with Gasteiger partial charge in [0.05, 0.1) is 0 Å². The molecule has 2 N–H and O–H groups in total. The van der Waals surface area contributed by atoms with Gasteiger partial charge in [-0.3, -0.25) is 4.79 Å². The van der Waals surface area contributed by atoms with E-state index in [1.54, 1.807) is 0 Å². The van der Waals surface area contributed by atoms with E-state index in [0.717, 1.165) is 13.0 Å². The monoisotopic (exact) mass is 318 g/mol. The van der Waals surface area contributed by atoms with Crippen LogP contribution in [0.25, 0.3) is 0 Å². The zero-order valence-electron chi connectivity index (χ0n) is 14.9. The molecule has 1 heterocycles. The molecule has 0 saturated carbocycles. The molecule has 2 rings (SSSR count). The molecule has 1 aliphatic heterocycles. The molecule has 23 heavy (non-hydrogen) atoms. The number of hydrogen-bond acceptors (Lipinski definition) is 3. The average Bonchev–Trinajstić information content (AvgIpc) is 2.43. The van der Waals surface area contributed by atoms with Crippen LogP contribution in [0.15, 0.2) is 24.3 Å². The number of piperidine rings is 1. The van der Waals surface area contributed by atoms with E-state index >= 15 is 0 Å². The molecule has 1 amide bonds. The Morgan fingerprint density at radius 2 is 2.09 bits per heavy atom. The summed E-state index contributed by atoms with van der Waals surface area (Å²) in [4.78, 5) is 14.5. The molecule has 1 atom stereocenters. The molecule has 0 bridgehead atoms. The summed E-state index contributed by atoms with van der Waals surface area (Å²) in [5.41, 5.74) is 1.16. The van der Waals surface area contributed by atoms with E-state index in [0.29, 0.717) is 26.1 Å². The predicted molar refractivity (Wildman–Crippen MR) is 93.1 cm³/mol. The van der Waals surface area contributed by atoms with Gasteiger partial charge in [-0.25, -0.2) is 0 Å². The normalized spacial score (nSPS) is 22.5. The topological polar surface area (TPSA) is 52.6 Å². The first-order chi connectivity index (χ1) is 10.7. The third kappa shape index (κ3) is 5.05. The number of nitrogens with one attached hydrogen (secondary N) is 1. The summed E-state index contributed by atoms with van der Waals surface area (Å²) in [6, 6.07) is 8.26. The third-order valence-corrected chi connectivity index (χ3v) is 4.20. The van der Waals surface area contributed by atoms with Crippen molar-refractivity contribution < 1.29 is 9.90 Å². The maximum absolute atomic E-state index is 12.7. The SMILES string of the molecule is Cc1cccc(CNCC2(O)CCCN(CC(C)(C)C)C2=O)c1. The van der Waals surface area contributed by atoms with Gasteiger partial charge in [0.15, 0.2) is 5.60 Å². The van der Waals surface area contributed by atoms with Crippen LogP contribution in [-0.2, 0) is 11.3 Å². The summed E-state index contributed by atoms with van der Waals surface area (Å²) in [5.74, 6) is -0.129. The number of rotatable bonds is 5. The van der Waals surface area contributed by atoms with Crippen LogP contribution in [0.4, 0.5) is 0 Å². The highest BCUT2D eigenvalue weighted by molar-refractivity contribution is 5.86. The van der Waals surface area contributed by atoms with Crippen molar-refractivity contribution in [1.29, 1.82) is 0 Å². The average molecular weight is 318 g/mol. The minimum Gasteiger partial charge on any atom is -0.379 e. The quantitative estimate of drug-likeness (QED) is 0.877. The van der Waals surface area contributed by atoms with E-state index in [1.165, 1.54) is 11.1 Å². The summed E-state index contributed by atoms with van der Waals surface area (Å²) in [6.45, 7) is 10.8. The molecule has 1 aliphatic rings. The van der Waals surface area contributed by atoms with Crippen molar-refractivity contribution in [3.8, 4) is 0 Å². The van der Waals surface area contributed by atoms with Crippen molar-refractivity contribution >= 4 is 5.91 Å². The summed E-state index contributed by atoms with van der Waals surface area (Å²) in [5, 5.41) is 14.0. The zero-order valence-corrected chi connectivity index (χ0v) is 14.9. The van der Waals surface area contributed by atoms with Crippen molar-refractivity contribution in [2.45, 2.75) is 52.7 Å². The Hall–Kier alpha value is -1.39. The molecule has 4 heteroatoms. The van der Waals surface area contributed by atoms with E-state index in [1.807, 2.05) is 11.0 Å². The Balaban J connectivity index is 1.93. The number of aryl methyl sites for hydroxylation is 1. The molecular formula is C19H30N2O2. The molecule has 0 aromatic heterocycles. The standard InChI is InChI=1S/C19H30N2O2/c1-15-7-5-8-16(11-15)12-20-13-19(23)9-6-10-21(17(19)22)14-18(2,3)4/h5,7-8,11,20,23H,6,9-10,12-14H2,1-4H3. The number of aliphatic hydroxyl groups is 1. The number of carbonyl (C=O) groups is 1. The van der Waals surface area contributed by atoms with Gasteiger partial charge in [-0.05, 0) is 30.7 Å². The van der Waals surface area contributed by atoms with Crippen LogP contribution >= 0.6 is 0 Å². The van der Waals surface area contributed by atoms with Gasteiger partial charge in [-0.15, -0.1) is 0 Å². The minimum absolute atomic E-state index is 0.0445. The van der Waals surface area contributed by atoms with Crippen LogP contribution in [-0.4, -0.2) is 41.1 Å². The highest BCUT2D eigenvalue weighted by atomic mass is 16.3. The molecule has 4 nitrogen and oxygen atoms in total. The van der Waals surface area contributed by atoms with Crippen LogP contribution in [0.3, 0.4) is 0 Å². The Morgan fingerprint density at radius 3 is 2.74 bits per heavy atom. The van der Waals surface area contributed by atoms with Crippen molar-refractivity contribution in [2.24, 2.45) is 5.41 Å². The van der Waals surface area contributed by atoms with Crippen molar-refractivity contribution in [1.82, 2.24) is 10.2 Å². The van der Waals surface area contributed by atoms with Gasteiger partial charge in [0, 0.05) is 26.2 Å². The molecule has 0 spiro atoms. The highest BCUT2D eigenvalue weighted by Gasteiger charge is 2.42. The van der Waals surface area contributed by atoms with Crippen LogP contribution in [0.5, 0.6) is 0 Å². The fraction of sp³-hybridized carbons (Fsp3) is 0.632. The first-order valence-electron chi connectivity index (χ1n) is 8.48. The van der Waals surface area contributed by atoms with Crippen LogP contribution in [0.2, 0.25) is 0 Å². The van der Waals surface area contributed by atoms with E-state index in [4.69, 9.17) is 0 Å². The van der Waals surface area contributed by atoms with Crippen molar-refractivity contribution in [3.05, 3.63) is 35.4 Å². The first-order valence-corrected chi connectivity index (χ1v) is 8.48. The van der Waals surface area contributed by atoms with Crippen molar-refractivity contribution in [2.75, 3.05) is 19.6 Å². The van der Waals surface area contributed by atoms with Gasteiger partial charge in [0.25, 0.3) is 5.91 Å². The van der Waals surface area contributed by atoms with Gasteiger partial charge in [-0.2, -0.15) is 0 Å². The molecule has 0 aliphatic carbocycles. The van der Waals surface area contributed by atoms with Crippen LogP contribution < -0.4 is 5.32 Å². The van der Waals surface area contributed by atoms with E-state index in [-0.39, 0.29) is 11.3 Å². The second-order valence-corrected chi connectivity index (χ2v) is 8.02. The number of hydrogen-bond donors (Lipinski definition) is 2. The first kappa shape index (κ1) is 18.0. The summed E-state index contributed by atoms with van der Waals surface area (Å²) < 4.78 is 0. The minimum atomic E-state index is -1.27. The molecule has 0 radical (unpaired) electrons. The van der Waals surface area contributed by atoms with Crippen LogP contribution in [0, 0.1) is 12.3 Å². The highest BCUT2D eigenvalue weighted by Crippen LogP contribution is 2.25. The van der Waals surface area contributed by atoms with Crippen LogP contribution in [0.1, 0.15) is 44.7 Å². The lowest BCUT2D eigenvalue weighted by Crippen LogP contribution is -2.59. The largest absolute Gasteiger partial charge is 0.379 e. The van der Waals surface area contributed by atoms with Gasteiger partial charge >= 0.3 is 0 Å². The second-order valence-electron chi connectivity index (χ2n) is 8.02. The van der Waals surface area contributed by atoms with Gasteiger partial charge < -0.3 is 15.3 Å². The number of benzene rings is 1. The lowest BCUT2D eigenvalue weighted by Gasteiger charge is -2.41. The van der Waals surface area contributed by atoms with E-state index in [9.17, 15) is 9.90 Å². The Labute approximate surface area is 139 Å². The maximum atomic E-state index is 12.7. The molecule has 1 aromatic carbocycles. The lowest BCUT2D eigenvalue weighted by molar-refractivity contribution is -0.158. The fourth-order valence-corrected chi connectivity index (χ4v) is 3.19. The number of likely N-dealkylation sites (tertiary alicyclic amines) is 1. The second kappa shape index (κ2) is 7.02. The Morgan fingerprint density at radius 1 is 1.35 bits per heavy atom. The lowest BCUT2D eigenvalue weighted by atomic mass is 9.88. The fourth-order valence-electron chi connectivity index (χ4n) is 3.19. The Bertz CT molecular complexity index is 551. The summed E-state index contributed by atoms with van der Waals surface area (Å²) in [6.07, 6.45) is 1.39. The van der Waals surface area contributed by atoms with Gasteiger partial charge in [0.1, 0.15) is 0 Å². The van der Waals surface area contributed by atoms with Gasteiger partial charge in [-0.1, -0.05) is 50.6 Å². The number of carbonyl (C=O) groups excluding carboxylic acids is 1.